The number of aryl methyl sites for hydroxylation is 1. The molecule has 3 rings (SSSR count). The van der Waals surface area contributed by atoms with Gasteiger partial charge in [-0.2, -0.15) is 0 Å². The lowest BCUT2D eigenvalue weighted by Gasteiger charge is -2.21. The maximum atomic E-state index is 12.2. The smallest absolute Gasteiger partial charge is 0.321 e. The first-order chi connectivity index (χ1) is 11.5. The number of β-amino-alcohol motifs (C(OH)–C–C–N with tert-alkyl or cyclic N) is 1. The average Bonchev–Trinajstić information content (AvgIpc) is 2.99. The van der Waals surface area contributed by atoms with Crippen LogP contribution in [0.4, 0.5) is 10.5 Å². The van der Waals surface area contributed by atoms with Crippen LogP contribution in [0.5, 0.6) is 0 Å². The van der Waals surface area contributed by atoms with Crippen molar-refractivity contribution in [3.8, 4) is 11.1 Å². The highest BCUT2D eigenvalue weighted by Gasteiger charge is 2.37. The topological polar surface area (TPSA) is 72.8 Å². The van der Waals surface area contributed by atoms with Gasteiger partial charge >= 0.3 is 6.03 Å². The van der Waals surface area contributed by atoms with Crippen LogP contribution in [0, 0.1) is 6.92 Å². The zero-order chi connectivity index (χ0) is 17.2. The molecule has 2 amide bonds. The third-order valence-corrected chi connectivity index (χ3v) is 4.40. The van der Waals surface area contributed by atoms with Crippen LogP contribution in [0.2, 0.25) is 0 Å². The first-order valence-corrected chi connectivity index (χ1v) is 8.05. The molecule has 1 fully saturated rings. The van der Waals surface area contributed by atoms with Gasteiger partial charge in [0.05, 0.1) is 13.2 Å². The predicted octanol–water partition coefficient (Wildman–Crippen LogP) is 2.62. The van der Waals surface area contributed by atoms with E-state index in [1.165, 1.54) is 10.5 Å². The first-order valence-electron chi connectivity index (χ1n) is 8.05. The zero-order valence-electron chi connectivity index (χ0n) is 13.7. The minimum Gasteiger partial charge on any atom is -0.393 e. The van der Waals surface area contributed by atoms with Crippen molar-refractivity contribution >= 4 is 11.7 Å². The van der Waals surface area contributed by atoms with Crippen LogP contribution in [0.1, 0.15) is 12.0 Å². The molecule has 3 N–H and O–H groups in total. The van der Waals surface area contributed by atoms with Crippen molar-refractivity contribution in [2.75, 3.05) is 25.0 Å². The summed E-state index contributed by atoms with van der Waals surface area (Å²) in [4.78, 5) is 13.8. The van der Waals surface area contributed by atoms with Gasteiger partial charge in [-0.1, -0.05) is 42.0 Å². The molecule has 24 heavy (non-hydrogen) atoms. The molecule has 0 radical (unpaired) electrons. The number of benzene rings is 2. The minimum atomic E-state index is -1.17. The maximum Gasteiger partial charge on any atom is 0.321 e. The number of amides is 2. The van der Waals surface area contributed by atoms with Gasteiger partial charge in [-0.25, -0.2) is 4.79 Å². The fourth-order valence-electron chi connectivity index (χ4n) is 2.93. The molecule has 0 saturated carbocycles. The number of aliphatic hydroxyl groups is 2. The molecule has 0 aromatic heterocycles. The van der Waals surface area contributed by atoms with Crippen molar-refractivity contribution in [2.45, 2.75) is 18.9 Å². The molecule has 1 aliphatic rings. The molecule has 5 heteroatoms. The molecule has 0 aliphatic carbocycles. The number of nitrogens with one attached hydrogen (secondary N) is 1. The van der Waals surface area contributed by atoms with E-state index < -0.39 is 5.60 Å². The number of carbonyl (C=O) groups excluding carboxylic acids is 1. The Balaban J connectivity index is 1.65. The van der Waals surface area contributed by atoms with Gasteiger partial charge in [-0.05, 0) is 36.6 Å². The van der Waals surface area contributed by atoms with Crippen molar-refractivity contribution in [3.05, 3.63) is 54.1 Å². The Labute approximate surface area is 141 Å². The minimum absolute atomic E-state index is 0.150. The van der Waals surface area contributed by atoms with E-state index in [1.54, 1.807) is 0 Å². The number of hydrogen-bond acceptors (Lipinski definition) is 3. The SMILES string of the molecule is Cc1cccc(-c2ccc(NC(=O)N3CC[C@@](O)(CO)C3)cc2)c1. The fourth-order valence-corrected chi connectivity index (χ4v) is 2.93. The first kappa shape index (κ1) is 16.5. The van der Waals surface area contributed by atoms with Gasteiger partial charge in [-0.3, -0.25) is 0 Å². The Morgan fingerprint density at radius 2 is 1.96 bits per heavy atom. The van der Waals surface area contributed by atoms with Crippen LogP contribution in [-0.4, -0.2) is 46.4 Å². The largest absolute Gasteiger partial charge is 0.393 e. The number of likely N-dealkylation sites (tertiary alicyclic amines) is 1. The highest BCUT2D eigenvalue weighted by atomic mass is 16.3. The molecule has 1 aliphatic heterocycles. The molecule has 1 heterocycles. The second-order valence-corrected chi connectivity index (χ2v) is 6.43. The van der Waals surface area contributed by atoms with Gasteiger partial charge in [0, 0.05) is 12.2 Å². The maximum absolute atomic E-state index is 12.2. The van der Waals surface area contributed by atoms with Crippen molar-refractivity contribution < 1.29 is 15.0 Å². The van der Waals surface area contributed by atoms with E-state index in [0.717, 1.165) is 11.1 Å². The molecule has 0 spiro atoms. The summed E-state index contributed by atoms with van der Waals surface area (Å²) in [7, 11) is 0. The van der Waals surface area contributed by atoms with Gasteiger partial charge < -0.3 is 20.4 Å². The number of aliphatic hydroxyl groups excluding tert-OH is 1. The third kappa shape index (κ3) is 3.58. The van der Waals surface area contributed by atoms with Gasteiger partial charge in [-0.15, -0.1) is 0 Å². The van der Waals surface area contributed by atoms with E-state index >= 15 is 0 Å². The quantitative estimate of drug-likeness (QED) is 0.812. The molecular weight excluding hydrogens is 304 g/mol. The lowest BCUT2D eigenvalue weighted by molar-refractivity contribution is -0.00246. The summed E-state index contributed by atoms with van der Waals surface area (Å²) in [6.45, 7) is 2.31. The molecule has 1 atom stereocenters. The fraction of sp³-hybridized carbons (Fsp3) is 0.316. The molecule has 0 unspecified atom stereocenters. The second kappa shape index (κ2) is 6.63. The number of urea groups is 1. The van der Waals surface area contributed by atoms with Crippen molar-refractivity contribution in [1.82, 2.24) is 4.90 Å². The summed E-state index contributed by atoms with van der Waals surface area (Å²) in [5.74, 6) is 0. The van der Waals surface area contributed by atoms with E-state index in [2.05, 4.69) is 30.4 Å². The van der Waals surface area contributed by atoms with Crippen LogP contribution in [0.15, 0.2) is 48.5 Å². The number of nitrogens with zero attached hydrogens (tertiary/aromatic N) is 1. The van der Waals surface area contributed by atoms with Gasteiger partial charge in [0.1, 0.15) is 5.60 Å². The molecule has 0 bridgehead atoms. The molecule has 2 aromatic carbocycles. The summed E-state index contributed by atoms with van der Waals surface area (Å²) in [6.07, 6.45) is 0.392. The zero-order valence-corrected chi connectivity index (χ0v) is 13.7. The summed E-state index contributed by atoms with van der Waals surface area (Å²) >= 11 is 0. The Morgan fingerprint density at radius 1 is 1.21 bits per heavy atom. The Morgan fingerprint density at radius 3 is 2.58 bits per heavy atom. The number of anilines is 1. The van der Waals surface area contributed by atoms with Crippen molar-refractivity contribution in [1.29, 1.82) is 0 Å². The van der Waals surface area contributed by atoms with E-state index in [1.807, 2.05) is 30.3 Å². The molecule has 126 valence electrons. The number of hydrogen-bond donors (Lipinski definition) is 3. The highest BCUT2D eigenvalue weighted by Crippen LogP contribution is 2.24. The van der Waals surface area contributed by atoms with Gasteiger partial charge in [0.2, 0.25) is 0 Å². The number of rotatable bonds is 3. The van der Waals surface area contributed by atoms with E-state index in [4.69, 9.17) is 5.11 Å². The van der Waals surface area contributed by atoms with Crippen molar-refractivity contribution in [3.63, 3.8) is 0 Å². The average molecular weight is 326 g/mol. The van der Waals surface area contributed by atoms with Crippen LogP contribution in [-0.2, 0) is 0 Å². The standard InChI is InChI=1S/C19H22N2O3/c1-14-3-2-4-16(11-14)15-5-7-17(8-6-15)20-18(23)21-10-9-19(24,12-21)13-22/h2-8,11,22,24H,9-10,12-13H2,1H3,(H,20,23)/t19-/m0/s1. The van der Waals surface area contributed by atoms with E-state index in [0.29, 0.717) is 18.7 Å². The number of carbonyl (C=O) groups is 1. The Hall–Kier alpha value is -2.37. The molecular formula is C19H22N2O3. The van der Waals surface area contributed by atoms with E-state index in [9.17, 15) is 9.90 Å². The molecule has 1 saturated heterocycles. The highest BCUT2D eigenvalue weighted by molar-refractivity contribution is 5.90. The Bertz CT molecular complexity index is 730. The predicted molar refractivity (Wildman–Crippen MR) is 93.9 cm³/mol. The van der Waals surface area contributed by atoms with E-state index in [-0.39, 0.29) is 19.2 Å². The molecule has 2 aromatic rings. The van der Waals surface area contributed by atoms with Crippen LogP contribution in [0.25, 0.3) is 11.1 Å². The third-order valence-electron chi connectivity index (χ3n) is 4.40. The lowest BCUT2D eigenvalue weighted by atomic mass is 10.0. The Kier molecular flexibility index (Phi) is 4.55. The summed E-state index contributed by atoms with van der Waals surface area (Å²) in [5.41, 5.74) is 2.96. The van der Waals surface area contributed by atoms with Crippen LogP contribution >= 0.6 is 0 Å². The summed E-state index contributed by atoms with van der Waals surface area (Å²) < 4.78 is 0. The molecule has 5 nitrogen and oxygen atoms in total. The van der Waals surface area contributed by atoms with Gasteiger partial charge in [0.25, 0.3) is 0 Å². The summed E-state index contributed by atoms with van der Waals surface area (Å²) in [6, 6.07) is 15.7. The van der Waals surface area contributed by atoms with Gasteiger partial charge in [0.15, 0.2) is 0 Å². The van der Waals surface area contributed by atoms with Crippen LogP contribution < -0.4 is 5.32 Å². The monoisotopic (exact) mass is 326 g/mol. The summed E-state index contributed by atoms with van der Waals surface area (Å²) in [5, 5.41) is 22.0. The van der Waals surface area contributed by atoms with Crippen LogP contribution in [0.3, 0.4) is 0 Å². The normalized spacial score (nSPS) is 20.2. The lowest BCUT2D eigenvalue weighted by Crippen LogP contribution is -2.40. The second-order valence-electron chi connectivity index (χ2n) is 6.43. The van der Waals surface area contributed by atoms with Crippen molar-refractivity contribution in [2.24, 2.45) is 0 Å².